The van der Waals surface area contributed by atoms with E-state index in [4.69, 9.17) is 16.3 Å². The van der Waals surface area contributed by atoms with E-state index in [1.165, 1.54) is 25.6 Å². The number of aromatic nitrogens is 3. The minimum atomic E-state index is -4.30. The number of ether oxygens (including phenoxy) is 1. The number of pyridine rings is 1. The number of alkyl halides is 3. The van der Waals surface area contributed by atoms with Gasteiger partial charge in [0.25, 0.3) is 5.91 Å². The van der Waals surface area contributed by atoms with Gasteiger partial charge in [0.05, 0.1) is 34.6 Å². The molecule has 2 atom stereocenters. The van der Waals surface area contributed by atoms with Crippen LogP contribution in [0.4, 0.5) is 19.0 Å². The van der Waals surface area contributed by atoms with Crippen molar-refractivity contribution < 1.29 is 31.1 Å². The molecule has 0 spiro atoms. The van der Waals surface area contributed by atoms with Crippen LogP contribution in [0.3, 0.4) is 0 Å². The fourth-order valence-electron chi connectivity index (χ4n) is 5.90. The number of carbonyl (C=O) groups excluding carboxylic acids is 1. The van der Waals surface area contributed by atoms with E-state index in [1.807, 2.05) is 6.92 Å². The summed E-state index contributed by atoms with van der Waals surface area (Å²) in [5.41, 5.74) is 0.897. The van der Waals surface area contributed by atoms with Gasteiger partial charge in [0.1, 0.15) is 21.4 Å². The summed E-state index contributed by atoms with van der Waals surface area (Å²) >= 11 is 6.69. The van der Waals surface area contributed by atoms with Crippen LogP contribution in [0.15, 0.2) is 12.3 Å². The first kappa shape index (κ1) is 31.4. The summed E-state index contributed by atoms with van der Waals surface area (Å²) in [4.78, 5) is 17.4. The maximum Gasteiger partial charge on any atom is 0.393 e. The van der Waals surface area contributed by atoms with E-state index in [-0.39, 0.29) is 34.1 Å². The van der Waals surface area contributed by atoms with Gasteiger partial charge in [-0.2, -0.15) is 18.3 Å². The zero-order valence-electron chi connectivity index (χ0n) is 23.4. The number of hydrogen-bond acceptors (Lipinski definition) is 7. The van der Waals surface area contributed by atoms with Crippen LogP contribution in [0.1, 0.15) is 68.8 Å². The lowest BCUT2D eigenvalue weighted by molar-refractivity contribution is -0.184. The smallest absolute Gasteiger partial charge is 0.393 e. The highest BCUT2D eigenvalue weighted by molar-refractivity contribution is 7.91. The lowest BCUT2D eigenvalue weighted by Gasteiger charge is -2.33. The first-order chi connectivity index (χ1) is 19.3. The van der Waals surface area contributed by atoms with Gasteiger partial charge in [-0.1, -0.05) is 24.4 Å². The van der Waals surface area contributed by atoms with Crippen molar-refractivity contribution >= 4 is 33.2 Å². The number of anilines is 1. The number of halogens is 4. The number of nitrogens with zero attached hydrogens (tertiary/aromatic N) is 3. The Labute approximate surface area is 243 Å². The van der Waals surface area contributed by atoms with E-state index in [1.54, 1.807) is 4.68 Å². The van der Waals surface area contributed by atoms with Crippen molar-refractivity contribution in [1.82, 2.24) is 20.1 Å². The third kappa shape index (κ3) is 7.28. The van der Waals surface area contributed by atoms with Gasteiger partial charge in [0, 0.05) is 37.7 Å². The molecule has 41 heavy (non-hydrogen) atoms. The molecular formula is C27H37ClF3N5O4S. The summed E-state index contributed by atoms with van der Waals surface area (Å²) in [6.07, 6.45) is 2.69. The Morgan fingerprint density at radius 3 is 2.46 bits per heavy atom. The van der Waals surface area contributed by atoms with Gasteiger partial charge in [0.2, 0.25) is 0 Å². The molecule has 2 aromatic rings. The number of hydrogen-bond donors (Lipinski definition) is 2. The summed E-state index contributed by atoms with van der Waals surface area (Å²) in [6, 6.07) is 0.751. The van der Waals surface area contributed by atoms with Crippen LogP contribution in [0.5, 0.6) is 5.75 Å². The lowest BCUT2D eigenvalue weighted by atomic mass is 9.84. The maximum absolute atomic E-state index is 13.6. The van der Waals surface area contributed by atoms with E-state index in [0.29, 0.717) is 75.0 Å². The van der Waals surface area contributed by atoms with E-state index < -0.39 is 33.9 Å². The van der Waals surface area contributed by atoms with Crippen molar-refractivity contribution in [3.8, 4) is 17.0 Å². The van der Waals surface area contributed by atoms with Crippen LogP contribution in [-0.2, 0) is 16.4 Å². The van der Waals surface area contributed by atoms with E-state index in [2.05, 4.69) is 20.7 Å². The number of aryl methyl sites for hydroxylation is 1. The molecule has 0 radical (unpaired) electrons. The van der Waals surface area contributed by atoms with Crippen molar-refractivity contribution in [2.75, 3.05) is 25.2 Å². The normalized spacial score (nSPS) is 23.7. The van der Waals surface area contributed by atoms with Gasteiger partial charge >= 0.3 is 6.18 Å². The van der Waals surface area contributed by atoms with Crippen molar-refractivity contribution in [2.45, 2.75) is 82.3 Å². The average molecular weight is 620 g/mol. The van der Waals surface area contributed by atoms with E-state index in [9.17, 15) is 26.4 Å². The van der Waals surface area contributed by atoms with Crippen LogP contribution >= 0.6 is 11.6 Å². The summed E-state index contributed by atoms with van der Waals surface area (Å²) in [6.45, 7) is 2.60. The zero-order valence-corrected chi connectivity index (χ0v) is 25.0. The number of nitrogens with one attached hydrogen (secondary N) is 2. The van der Waals surface area contributed by atoms with Gasteiger partial charge in [0.15, 0.2) is 5.69 Å². The van der Waals surface area contributed by atoms with Gasteiger partial charge in [-0.25, -0.2) is 13.4 Å². The highest BCUT2D eigenvalue weighted by Crippen LogP contribution is 2.41. The second kappa shape index (κ2) is 12.8. The first-order valence-electron chi connectivity index (χ1n) is 13.9. The molecule has 2 heterocycles. The van der Waals surface area contributed by atoms with Crippen molar-refractivity contribution in [3.05, 3.63) is 23.0 Å². The zero-order chi connectivity index (χ0) is 29.9. The van der Waals surface area contributed by atoms with Crippen LogP contribution in [0.25, 0.3) is 11.3 Å². The fraction of sp³-hybridized carbons (Fsp3) is 0.667. The quantitative estimate of drug-likeness (QED) is 0.381. The number of rotatable bonds is 9. The predicted molar refractivity (Wildman–Crippen MR) is 151 cm³/mol. The van der Waals surface area contributed by atoms with Crippen molar-refractivity contribution in [1.29, 1.82) is 0 Å². The maximum atomic E-state index is 13.6. The Balaban J connectivity index is 1.50. The Kier molecular flexibility index (Phi) is 9.77. The summed E-state index contributed by atoms with van der Waals surface area (Å²) in [5.74, 6) is -1.15. The number of methoxy groups -OCH3 is 1. The molecule has 9 nitrogen and oxygen atoms in total. The largest absolute Gasteiger partial charge is 0.496 e. The molecular weight excluding hydrogens is 583 g/mol. The third-order valence-corrected chi connectivity index (χ3v) is 10.3. The molecule has 2 saturated carbocycles. The molecule has 2 aliphatic carbocycles. The van der Waals surface area contributed by atoms with Gasteiger partial charge < -0.3 is 15.4 Å². The Bertz CT molecular complexity index is 1340. The molecule has 0 bridgehead atoms. The number of sulfone groups is 1. The van der Waals surface area contributed by atoms with Crippen molar-refractivity contribution in [3.63, 3.8) is 0 Å². The van der Waals surface area contributed by atoms with Crippen LogP contribution in [-0.4, -0.2) is 66.5 Å². The van der Waals surface area contributed by atoms with Gasteiger partial charge in [-0.15, -0.1) is 0 Å². The molecule has 2 aromatic heterocycles. The summed E-state index contributed by atoms with van der Waals surface area (Å²) in [5, 5.41) is 10.0. The second-order valence-electron chi connectivity index (χ2n) is 11.0. The molecule has 2 N–H and O–H groups in total. The standard InChI is InChI=1S/C27H37ClF3N5O4S/c1-4-36-25(23(28)24(35-36)26(37)33-14-16-9-11-17(12-10-16)41(3,38)39)18-15-32-22(13-21(18)40-2)34-20-8-6-5-7-19(20)27(29,30)31/h13,15-17,19-20H,4-12,14H2,1-3H3,(H,32,34)(H,33,37)/t16-,17-,19?,20?. The van der Waals surface area contributed by atoms with Crippen LogP contribution < -0.4 is 15.4 Å². The summed E-state index contributed by atoms with van der Waals surface area (Å²) in [7, 11) is -1.63. The minimum absolute atomic E-state index is 0.0350. The molecule has 14 heteroatoms. The van der Waals surface area contributed by atoms with Gasteiger partial charge in [-0.3, -0.25) is 9.48 Å². The second-order valence-corrected chi connectivity index (χ2v) is 13.7. The molecule has 2 aliphatic rings. The molecule has 2 unspecified atom stereocenters. The Morgan fingerprint density at radius 1 is 1.17 bits per heavy atom. The molecule has 0 aromatic carbocycles. The fourth-order valence-corrected chi connectivity index (χ4v) is 7.36. The Hall–Kier alpha value is -2.54. The molecule has 228 valence electrons. The molecule has 0 saturated heterocycles. The molecule has 2 fully saturated rings. The third-order valence-electron chi connectivity index (χ3n) is 8.22. The lowest BCUT2D eigenvalue weighted by Crippen LogP contribution is -2.41. The summed E-state index contributed by atoms with van der Waals surface area (Å²) < 4.78 is 71.5. The van der Waals surface area contributed by atoms with Crippen LogP contribution in [0.2, 0.25) is 5.02 Å². The molecule has 4 rings (SSSR count). The average Bonchev–Trinajstić information content (AvgIpc) is 3.27. The Morgan fingerprint density at radius 2 is 1.85 bits per heavy atom. The first-order valence-corrected chi connectivity index (χ1v) is 16.3. The number of carbonyl (C=O) groups is 1. The highest BCUT2D eigenvalue weighted by Gasteiger charge is 2.45. The monoisotopic (exact) mass is 619 g/mol. The topological polar surface area (TPSA) is 115 Å². The van der Waals surface area contributed by atoms with Gasteiger partial charge in [-0.05, 0) is 51.4 Å². The van der Waals surface area contributed by atoms with E-state index in [0.717, 1.165) is 0 Å². The molecule has 1 amide bonds. The highest BCUT2D eigenvalue weighted by atomic mass is 35.5. The molecule has 0 aliphatic heterocycles. The van der Waals surface area contributed by atoms with E-state index >= 15 is 0 Å². The SMILES string of the molecule is CCn1nc(C(=O)NC[C@H]2CC[C@H](S(C)(=O)=O)CC2)c(Cl)c1-c1cnc(NC2CCCCC2C(F)(F)F)cc1OC. The number of amides is 1. The minimum Gasteiger partial charge on any atom is -0.496 e. The van der Waals surface area contributed by atoms with Crippen molar-refractivity contribution in [2.24, 2.45) is 11.8 Å². The van der Waals surface area contributed by atoms with Crippen LogP contribution in [0, 0.1) is 11.8 Å². The predicted octanol–water partition coefficient (Wildman–Crippen LogP) is 5.49.